The SMILES string of the molecule is N#CC(=CC=Cc1ccco1)C(=O)NC1CCCCC1. The predicted octanol–water partition coefficient (Wildman–Crippen LogP) is 3.19. The number of carbonyl (C=O) groups excluding carboxylic acids is 1. The Balaban J connectivity index is 1.93. The highest BCUT2D eigenvalue weighted by atomic mass is 16.3. The molecule has 0 aromatic carbocycles. The van der Waals surface area contributed by atoms with Crippen LogP contribution in [0, 0.1) is 11.3 Å². The Kier molecular flexibility index (Phi) is 5.19. The van der Waals surface area contributed by atoms with Crippen molar-refractivity contribution in [3.8, 4) is 6.07 Å². The summed E-state index contributed by atoms with van der Waals surface area (Å²) in [6, 6.07) is 5.74. The van der Waals surface area contributed by atoms with Crippen LogP contribution in [-0.4, -0.2) is 11.9 Å². The summed E-state index contributed by atoms with van der Waals surface area (Å²) < 4.78 is 5.13. The molecule has 1 aliphatic rings. The van der Waals surface area contributed by atoms with Crippen LogP contribution in [0.2, 0.25) is 0 Å². The average molecular weight is 270 g/mol. The lowest BCUT2D eigenvalue weighted by Gasteiger charge is -2.22. The normalized spacial score (nSPS) is 17.1. The molecule has 4 heteroatoms. The fourth-order valence-corrected chi connectivity index (χ4v) is 2.30. The van der Waals surface area contributed by atoms with Crippen LogP contribution >= 0.6 is 0 Å². The van der Waals surface area contributed by atoms with E-state index in [0.717, 1.165) is 25.7 Å². The van der Waals surface area contributed by atoms with Crippen molar-refractivity contribution >= 4 is 12.0 Å². The van der Waals surface area contributed by atoms with Crippen molar-refractivity contribution in [3.63, 3.8) is 0 Å². The van der Waals surface area contributed by atoms with E-state index >= 15 is 0 Å². The van der Waals surface area contributed by atoms with E-state index in [4.69, 9.17) is 9.68 Å². The number of nitrogens with zero attached hydrogens (tertiary/aromatic N) is 1. The first-order valence-electron chi connectivity index (χ1n) is 6.92. The van der Waals surface area contributed by atoms with Crippen molar-refractivity contribution in [2.45, 2.75) is 38.1 Å². The third-order valence-corrected chi connectivity index (χ3v) is 3.37. The van der Waals surface area contributed by atoms with Gasteiger partial charge in [-0.25, -0.2) is 0 Å². The Morgan fingerprint density at radius 3 is 2.85 bits per heavy atom. The fraction of sp³-hybridized carbons (Fsp3) is 0.375. The van der Waals surface area contributed by atoms with E-state index in [0.29, 0.717) is 5.76 Å². The smallest absolute Gasteiger partial charge is 0.262 e. The zero-order chi connectivity index (χ0) is 14.2. The molecule has 20 heavy (non-hydrogen) atoms. The van der Waals surface area contributed by atoms with E-state index in [-0.39, 0.29) is 17.5 Å². The highest BCUT2D eigenvalue weighted by Crippen LogP contribution is 2.17. The molecule has 1 amide bonds. The lowest BCUT2D eigenvalue weighted by atomic mass is 9.95. The van der Waals surface area contributed by atoms with Gasteiger partial charge in [-0.1, -0.05) is 25.3 Å². The topological polar surface area (TPSA) is 66.0 Å². The van der Waals surface area contributed by atoms with Gasteiger partial charge in [0.05, 0.1) is 6.26 Å². The summed E-state index contributed by atoms with van der Waals surface area (Å²) in [5.41, 5.74) is 0.123. The largest absolute Gasteiger partial charge is 0.465 e. The van der Waals surface area contributed by atoms with E-state index in [2.05, 4.69) is 5.32 Å². The minimum atomic E-state index is -0.288. The standard InChI is InChI=1S/C16H18N2O2/c17-12-13(6-4-9-15-10-5-11-20-15)16(19)18-14-7-2-1-3-8-14/h4-6,9-11,14H,1-3,7-8H2,(H,18,19). The van der Waals surface area contributed by atoms with Gasteiger partial charge in [0, 0.05) is 6.04 Å². The summed E-state index contributed by atoms with van der Waals surface area (Å²) in [7, 11) is 0. The number of nitriles is 1. The van der Waals surface area contributed by atoms with Gasteiger partial charge in [-0.05, 0) is 37.1 Å². The van der Waals surface area contributed by atoms with E-state index < -0.39 is 0 Å². The van der Waals surface area contributed by atoms with Crippen molar-refractivity contribution in [1.29, 1.82) is 5.26 Å². The molecular formula is C16H18N2O2. The molecule has 1 aliphatic carbocycles. The molecule has 0 saturated heterocycles. The second-order valence-corrected chi connectivity index (χ2v) is 4.88. The Bertz CT molecular complexity index is 529. The number of nitrogens with one attached hydrogen (secondary N) is 1. The number of carbonyl (C=O) groups is 1. The molecule has 1 heterocycles. The highest BCUT2D eigenvalue weighted by Gasteiger charge is 2.17. The number of hydrogen-bond donors (Lipinski definition) is 1. The number of hydrogen-bond acceptors (Lipinski definition) is 3. The van der Waals surface area contributed by atoms with Crippen molar-refractivity contribution in [2.75, 3.05) is 0 Å². The molecule has 1 saturated carbocycles. The number of furan rings is 1. The summed E-state index contributed by atoms with van der Waals surface area (Å²) in [4.78, 5) is 12.0. The Hall–Kier alpha value is -2.28. The first-order valence-corrected chi connectivity index (χ1v) is 6.92. The van der Waals surface area contributed by atoms with Crippen LogP contribution in [-0.2, 0) is 4.79 Å². The predicted molar refractivity (Wildman–Crippen MR) is 76.5 cm³/mol. The fourth-order valence-electron chi connectivity index (χ4n) is 2.30. The first-order chi connectivity index (χ1) is 9.79. The maximum Gasteiger partial charge on any atom is 0.262 e. The molecular weight excluding hydrogens is 252 g/mol. The van der Waals surface area contributed by atoms with Crippen LogP contribution in [0.3, 0.4) is 0 Å². The number of allylic oxidation sites excluding steroid dienone is 2. The van der Waals surface area contributed by atoms with E-state index in [1.54, 1.807) is 30.5 Å². The van der Waals surface area contributed by atoms with Crippen LogP contribution in [0.1, 0.15) is 37.9 Å². The van der Waals surface area contributed by atoms with Crippen LogP contribution in [0.5, 0.6) is 0 Å². The van der Waals surface area contributed by atoms with Crippen molar-refractivity contribution in [3.05, 3.63) is 41.9 Å². The molecule has 0 spiro atoms. The zero-order valence-corrected chi connectivity index (χ0v) is 11.3. The van der Waals surface area contributed by atoms with E-state index in [1.807, 2.05) is 6.07 Å². The number of amides is 1. The molecule has 1 fully saturated rings. The van der Waals surface area contributed by atoms with Crippen LogP contribution in [0.15, 0.2) is 40.5 Å². The molecule has 0 aliphatic heterocycles. The molecule has 0 bridgehead atoms. The molecule has 0 radical (unpaired) electrons. The van der Waals surface area contributed by atoms with Crippen LogP contribution in [0.25, 0.3) is 6.08 Å². The Morgan fingerprint density at radius 2 is 2.20 bits per heavy atom. The van der Waals surface area contributed by atoms with Gasteiger partial charge < -0.3 is 9.73 Å². The maximum absolute atomic E-state index is 12.0. The van der Waals surface area contributed by atoms with Gasteiger partial charge in [-0.3, -0.25) is 4.79 Å². The monoisotopic (exact) mass is 270 g/mol. The molecule has 1 N–H and O–H groups in total. The molecule has 4 nitrogen and oxygen atoms in total. The third kappa shape index (κ3) is 4.13. The quantitative estimate of drug-likeness (QED) is 0.519. The zero-order valence-electron chi connectivity index (χ0n) is 11.3. The molecule has 0 unspecified atom stereocenters. The molecule has 1 aromatic heterocycles. The molecule has 1 aromatic rings. The summed E-state index contributed by atoms with van der Waals surface area (Å²) in [5, 5.41) is 12.0. The average Bonchev–Trinajstić information content (AvgIpc) is 2.98. The molecule has 2 rings (SSSR count). The molecule has 0 atom stereocenters. The second kappa shape index (κ2) is 7.34. The minimum Gasteiger partial charge on any atom is -0.465 e. The van der Waals surface area contributed by atoms with E-state index in [1.165, 1.54) is 12.5 Å². The maximum atomic E-state index is 12.0. The second-order valence-electron chi connectivity index (χ2n) is 4.88. The van der Waals surface area contributed by atoms with Gasteiger partial charge in [0.2, 0.25) is 0 Å². The summed E-state index contributed by atoms with van der Waals surface area (Å²) in [5.74, 6) is 0.398. The number of rotatable bonds is 4. The minimum absolute atomic E-state index is 0.123. The van der Waals surface area contributed by atoms with Gasteiger partial charge in [0.15, 0.2) is 0 Å². The van der Waals surface area contributed by atoms with Crippen molar-refractivity contribution in [2.24, 2.45) is 0 Å². The lowest BCUT2D eigenvalue weighted by Crippen LogP contribution is -2.36. The van der Waals surface area contributed by atoms with Gasteiger partial charge >= 0.3 is 0 Å². The summed E-state index contributed by atoms with van der Waals surface area (Å²) in [6.07, 6.45) is 12.0. The Morgan fingerprint density at radius 1 is 1.40 bits per heavy atom. The van der Waals surface area contributed by atoms with Crippen LogP contribution in [0.4, 0.5) is 0 Å². The third-order valence-electron chi connectivity index (χ3n) is 3.37. The van der Waals surface area contributed by atoms with Crippen molar-refractivity contribution < 1.29 is 9.21 Å². The Labute approximate surface area is 118 Å². The van der Waals surface area contributed by atoms with Gasteiger partial charge in [0.25, 0.3) is 5.91 Å². The summed E-state index contributed by atoms with van der Waals surface area (Å²) >= 11 is 0. The first kappa shape index (κ1) is 14.1. The van der Waals surface area contributed by atoms with Crippen LogP contribution < -0.4 is 5.32 Å². The molecule has 104 valence electrons. The highest BCUT2D eigenvalue weighted by molar-refractivity contribution is 5.97. The lowest BCUT2D eigenvalue weighted by molar-refractivity contribution is -0.118. The van der Waals surface area contributed by atoms with Gasteiger partial charge in [-0.2, -0.15) is 5.26 Å². The van der Waals surface area contributed by atoms with Crippen molar-refractivity contribution in [1.82, 2.24) is 5.32 Å². The van der Waals surface area contributed by atoms with Gasteiger partial charge in [-0.15, -0.1) is 0 Å². The van der Waals surface area contributed by atoms with E-state index in [9.17, 15) is 4.79 Å². The van der Waals surface area contributed by atoms with Gasteiger partial charge in [0.1, 0.15) is 17.4 Å². The summed E-state index contributed by atoms with van der Waals surface area (Å²) in [6.45, 7) is 0.